The summed E-state index contributed by atoms with van der Waals surface area (Å²) >= 11 is 0. The highest BCUT2D eigenvalue weighted by atomic mass is 32.2. The molecule has 0 saturated carbocycles. The van der Waals surface area contributed by atoms with Gasteiger partial charge in [-0.2, -0.15) is 0 Å². The van der Waals surface area contributed by atoms with Gasteiger partial charge < -0.3 is 24.7 Å². The molecule has 0 aliphatic carbocycles. The fourth-order valence-electron chi connectivity index (χ4n) is 4.56. The van der Waals surface area contributed by atoms with Gasteiger partial charge in [-0.05, 0) is 50.1 Å². The molecule has 2 aromatic heterocycles. The number of aromatic amines is 1. The van der Waals surface area contributed by atoms with E-state index in [1.807, 2.05) is 18.2 Å². The number of aromatic nitrogens is 3. The second-order valence-electron chi connectivity index (χ2n) is 9.20. The Morgan fingerprint density at radius 1 is 1.06 bits per heavy atom. The topological polar surface area (TPSA) is 109 Å². The van der Waals surface area contributed by atoms with Crippen molar-refractivity contribution in [1.29, 1.82) is 0 Å². The average molecular weight is 510 g/mol. The third-order valence-corrected chi connectivity index (χ3v) is 8.41. The van der Waals surface area contributed by atoms with Crippen molar-refractivity contribution in [3.63, 3.8) is 0 Å². The molecular weight excluding hydrogens is 478 g/mol. The molecule has 36 heavy (non-hydrogen) atoms. The van der Waals surface area contributed by atoms with Crippen LogP contribution in [-0.2, 0) is 9.84 Å². The molecule has 0 spiro atoms. The van der Waals surface area contributed by atoms with Crippen molar-refractivity contribution in [3.8, 4) is 11.5 Å². The van der Waals surface area contributed by atoms with E-state index < -0.39 is 9.84 Å². The van der Waals surface area contributed by atoms with Crippen molar-refractivity contribution in [2.75, 3.05) is 50.2 Å². The van der Waals surface area contributed by atoms with Gasteiger partial charge in [0.1, 0.15) is 12.1 Å². The second kappa shape index (κ2) is 9.94. The maximum absolute atomic E-state index is 11.6. The molecule has 1 fully saturated rings. The number of fused-ring (bicyclic) bond motifs is 2. The van der Waals surface area contributed by atoms with Gasteiger partial charge in [-0.25, -0.2) is 18.4 Å². The minimum atomic E-state index is -2.86. The minimum Gasteiger partial charge on any atom is -0.493 e. The van der Waals surface area contributed by atoms with E-state index in [1.54, 1.807) is 7.11 Å². The first-order valence-corrected chi connectivity index (χ1v) is 13.9. The van der Waals surface area contributed by atoms with Gasteiger partial charge in [-0.15, -0.1) is 0 Å². The summed E-state index contributed by atoms with van der Waals surface area (Å²) in [6.45, 7) is 6.66. The monoisotopic (exact) mass is 509 g/mol. The molecule has 1 aliphatic rings. The van der Waals surface area contributed by atoms with Gasteiger partial charge in [-0.3, -0.25) is 0 Å². The second-order valence-corrected chi connectivity index (χ2v) is 11.5. The summed E-state index contributed by atoms with van der Waals surface area (Å²) in [5.41, 5.74) is 5.19. The Morgan fingerprint density at radius 2 is 1.86 bits per heavy atom. The van der Waals surface area contributed by atoms with Crippen LogP contribution in [0.4, 0.5) is 11.5 Å². The molecule has 9 nitrogen and oxygen atoms in total. The molecule has 4 aromatic rings. The lowest BCUT2D eigenvalue weighted by molar-refractivity contribution is 0.240. The Morgan fingerprint density at radius 3 is 2.64 bits per heavy atom. The van der Waals surface area contributed by atoms with Gasteiger partial charge in [0.05, 0.1) is 30.7 Å². The number of nitrogens with zero attached hydrogens (tertiary/aromatic N) is 3. The quantitative estimate of drug-likeness (QED) is 0.343. The first kappa shape index (κ1) is 24.3. The van der Waals surface area contributed by atoms with Crippen LogP contribution < -0.4 is 14.8 Å². The van der Waals surface area contributed by atoms with Gasteiger partial charge in [0.15, 0.2) is 21.3 Å². The molecule has 5 rings (SSSR count). The summed E-state index contributed by atoms with van der Waals surface area (Å²) in [6.07, 6.45) is 2.33. The highest BCUT2D eigenvalue weighted by Crippen LogP contribution is 2.35. The van der Waals surface area contributed by atoms with Crippen LogP contribution in [0.3, 0.4) is 0 Å². The van der Waals surface area contributed by atoms with Crippen LogP contribution in [0.2, 0.25) is 0 Å². The van der Waals surface area contributed by atoms with Crippen molar-refractivity contribution >= 4 is 43.1 Å². The number of aryl methyl sites for hydroxylation is 2. The van der Waals surface area contributed by atoms with E-state index in [9.17, 15) is 8.42 Å². The number of anilines is 2. The molecule has 2 aromatic carbocycles. The Bertz CT molecular complexity index is 1500. The molecule has 2 N–H and O–H groups in total. The highest BCUT2D eigenvalue weighted by molar-refractivity contribution is 7.91. The van der Waals surface area contributed by atoms with Crippen molar-refractivity contribution in [1.82, 2.24) is 19.9 Å². The van der Waals surface area contributed by atoms with E-state index in [2.05, 4.69) is 51.1 Å². The van der Waals surface area contributed by atoms with Crippen LogP contribution >= 0.6 is 0 Å². The van der Waals surface area contributed by atoms with Crippen LogP contribution in [0, 0.1) is 13.8 Å². The number of hydrogen-bond acceptors (Lipinski definition) is 8. The number of nitrogens with one attached hydrogen (secondary N) is 2. The molecule has 0 radical (unpaired) electrons. The molecule has 0 amide bonds. The van der Waals surface area contributed by atoms with Gasteiger partial charge >= 0.3 is 0 Å². The fourth-order valence-corrected chi connectivity index (χ4v) is 5.83. The molecule has 1 saturated heterocycles. The van der Waals surface area contributed by atoms with E-state index in [4.69, 9.17) is 9.47 Å². The molecule has 0 unspecified atom stereocenters. The first-order chi connectivity index (χ1) is 17.3. The first-order valence-electron chi connectivity index (χ1n) is 12.1. The summed E-state index contributed by atoms with van der Waals surface area (Å²) in [5.74, 6) is 2.39. The summed E-state index contributed by atoms with van der Waals surface area (Å²) in [4.78, 5) is 14.5. The number of H-pyrrole nitrogens is 1. The van der Waals surface area contributed by atoms with Crippen LogP contribution in [0.5, 0.6) is 11.5 Å². The smallest absolute Gasteiger partial charge is 0.163 e. The summed E-state index contributed by atoms with van der Waals surface area (Å²) in [7, 11) is -1.25. The van der Waals surface area contributed by atoms with Gasteiger partial charge in [0, 0.05) is 53.4 Å². The lowest BCUT2D eigenvalue weighted by Crippen LogP contribution is -2.40. The van der Waals surface area contributed by atoms with E-state index in [0.717, 1.165) is 40.8 Å². The molecule has 190 valence electrons. The fraction of sp³-hybridized carbons (Fsp3) is 0.385. The molecular formula is C26H31N5O4S. The van der Waals surface area contributed by atoms with Crippen molar-refractivity contribution in [2.24, 2.45) is 0 Å². The number of rotatable bonds is 8. The van der Waals surface area contributed by atoms with Crippen LogP contribution in [0.15, 0.2) is 36.7 Å². The Labute approximate surface area is 210 Å². The van der Waals surface area contributed by atoms with Gasteiger partial charge in [0.2, 0.25) is 0 Å². The highest BCUT2D eigenvalue weighted by Gasteiger charge is 2.21. The van der Waals surface area contributed by atoms with Crippen LogP contribution in [0.1, 0.15) is 17.7 Å². The molecule has 3 heterocycles. The largest absolute Gasteiger partial charge is 0.493 e. The summed E-state index contributed by atoms with van der Waals surface area (Å²) < 4.78 is 34.9. The predicted octanol–water partition coefficient (Wildman–Crippen LogP) is 3.98. The lowest BCUT2D eigenvalue weighted by atomic mass is 10.1. The SMILES string of the molecule is COc1cc2c(Nc3ccc4[nH]c(C)c(C)c4c3)ncnc2cc1OCCCN1CCS(=O)(=O)CC1. The maximum atomic E-state index is 11.6. The zero-order valence-electron chi connectivity index (χ0n) is 20.8. The molecule has 10 heteroatoms. The van der Waals surface area contributed by atoms with Crippen molar-refractivity contribution < 1.29 is 17.9 Å². The normalized spacial score (nSPS) is 15.9. The number of sulfone groups is 1. The standard InChI is InChI=1S/C26H31N5O4S/c1-17-18(2)29-22-6-5-19(13-20(17)22)30-26-21-14-24(34-3)25(15-23(21)27-16-28-26)35-10-4-7-31-8-11-36(32,33)12-9-31/h5-6,13-16,29H,4,7-12H2,1-3H3,(H,27,28,30). The van der Waals surface area contributed by atoms with Gasteiger partial charge in [0.25, 0.3) is 0 Å². The van der Waals surface area contributed by atoms with Gasteiger partial charge in [-0.1, -0.05) is 0 Å². The van der Waals surface area contributed by atoms with Crippen LogP contribution in [0.25, 0.3) is 21.8 Å². The number of hydrogen-bond donors (Lipinski definition) is 2. The summed E-state index contributed by atoms with van der Waals surface area (Å²) in [5, 5.41) is 5.44. The Balaban J connectivity index is 1.30. The maximum Gasteiger partial charge on any atom is 0.163 e. The zero-order chi connectivity index (χ0) is 25.3. The molecule has 0 bridgehead atoms. The third kappa shape index (κ3) is 5.10. The number of methoxy groups -OCH3 is 1. The molecule has 1 aliphatic heterocycles. The lowest BCUT2D eigenvalue weighted by Gasteiger charge is -2.26. The zero-order valence-corrected chi connectivity index (χ0v) is 21.6. The van der Waals surface area contributed by atoms with E-state index in [1.165, 1.54) is 17.3 Å². The minimum absolute atomic E-state index is 0.237. The van der Waals surface area contributed by atoms with Crippen molar-refractivity contribution in [3.05, 3.63) is 47.9 Å². The predicted molar refractivity (Wildman–Crippen MR) is 142 cm³/mol. The third-order valence-electron chi connectivity index (χ3n) is 6.81. The van der Waals surface area contributed by atoms with E-state index >= 15 is 0 Å². The molecule has 0 atom stereocenters. The Hall–Kier alpha value is -3.37. The van der Waals surface area contributed by atoms with Crippen molar-refractivity contribution in [2.45, 2.75) is 20.3 Å². The summed E-state index contributed by atoms with van der Waals surface area (Å²) in [6, 6.07) is 9.98. The van der Waals surface area contributed by atoms with E-state index in [-0.39, 0.29) is 11.5 Å². The van der Waals surface area contributed by atoms with Crippen LogP contribution in [-0.4, -0.2) is 73.1 Å². The average Bonchev–Trinajstić information content (AvgIpc) is 3.15. The number of benzene rings is 2. The number of ether oxygens (including phenoxy) is 2. The van der Waals surface area contributed by atoms with E-state index in [0.29, 0.717) is 37.0 Å². The Kier molecular flexibility index (Phi) is 6.72.